The lowest BCUT2D eigenvalue weighted by Gasteiger charge is -2.34. The van der Waals surface area contributed by atoms with Crippen LogP contribution in [0.25, 0.3) is 0 Å². The summed E-state index contributed by atoms with van der Waals surface area (Å²) in [7, 11) is 3.81. The predicted octanol–water partition coefficient (Wildman–Crippen LogP) is 4.05. The van der Waals surface area contributed by atoms with Crippen molar-refractivity contribution in [2.24, 2.45) is 0 Å². The van der Waals surface area contributed by atoms with Crippen molar-refractivity contribution in [3.05, 3.63) is 35.4 Å². The van der Waals surface area contributed by atoms with Crippen molar-refractivity contribution in [1.82, 2.24) is 20.2 Å². The first-order valence-corrected chi connectivity index (χ1v) is 11.5. The molecule has 0 spiro atoms. The van der Waals surface area contributed by atoms with E-state index in [0.717, 1.165) is 37.1 Å². The highest BCUT2D eigenvalue weighted by molar-refractivity contribution is 7.98. The minimum Gasteiger partial charge on any atom is -0.455 e. The summed E-state index contributed by atoms with van der Waals surface area (Å²) in [6.07, 6.45) is -1.67. The largest absolute Gasteiger partial charge is 0.455 e. The molecule has 176 valence electrons. The Kier molecular flexibility index (Phi) is 8.05. The topological polar surface area (TPSA) is 74.5 Å². The number of hydrogen-bond acceptors (Lipinski definition) is 7. The van der Waals surface area contributed by atoms with Gasteiger partial charge in [-0.2, -0.15) is 13.2 Å². The van der Waals surface area contributed by atoms with Gasteiger partial charge < -0.3 is 19.5 Å². The third kappa shape index (κ3) is 6.61. The molecule has 1 aliphatic heterocycles. The van der Waals surface area contributed by atoms with E-state index in [1.807, 2.05) is 30.8 Å². The number of alkyl halides is 3. The van der Waals surface area contributed by atoms with Crippen molar-refractivity contribution in [3.63, 3.8) is 0 Å². The third-order valence-corrected chi connectivity index (χ3v) is 6.02. The fourth-order valence-corrected chi connectivity index (χ4v) is 4.15. The van der Waals surface area contributed by atoms with E-state index in [2.05, 4.69) is 15.3 Å². The number of amides is 1. The fraction of sp³-hybridized carbons (Fsp3) is 0.571. The van der Waals surface area contributed by atoms with E-state index in [-0.39, 0.29) is 28.6 Å². The van der Waals surface area contributed by atoms with Crippen LogP contribution in [-0.4, -0.2) is 60.5 Å². The quantitative estimate of drug-likeness (QED) is 0.460. The van der Waals surface area contributed by atoms with E-state index in [1.165, 1.54) is 0 Å². The molecule has 2 aromatic rings. The Morgan fingerprint density at radius 2 is 2.09 bits per heavy atom. The van der Waals surface area contributed by atoms with Gasteiger partial charge in [0.25, 0.3) is 5.91 Å². The summed E-state index contributed by atoms with van der Waals surface area (Å²) in [5.41, 5.74) is -0.955. The zero-order valence-electron chi connectivity index (χ0n) is 18.4. The molecule has 3 heterocycles. The lowest BCUT2D eigenvalue weighted by atomic mass is 10.0. The van der Waals surface area contributed by atoms with Crippen LogP contribution in [0.5, 0.6) is 0 Å². The Balaban J connectivity index is 1.70. The summed E-state index contributed by atoms with van der Waals surface area (Å²) in [5.74, 6) is 0.789. The van der Waals surface area contributed by atoms with Crippen molar-refractivity contribution in [2.45, 2.75) is 49.3 Å². The number of carbonyl (C=O) groups is 1. The Hall–Kier alpha value is -2.27. The first-order chi connectivity index (χ1) is 15.1. The highest BCUT2D eigenvalue weighted by Crippen LogP contribution is 2.34. The Bertz CT molecular complexity index is 919. The maximum atomic E-state index is 13.4. The van der Waals surface area contributed by atoms with Gasteiger partial charge in [0.05, 0.1) is 5.75 Å². The SMILES string of the molecule is C[C@H]1CCCCN1c1cc(C(F)(F)F)nc(SCc2ccc(C(=O)NCCN(C)C)o2)n1. The number of carbonyl (C=O) groups excluding carboxylic acids is 1. The molecule has 0 aliphatic carbocycles. The van der Waals surface area contributed by atoms with Crippen LogP contribution >= 0.6 is 11.8 Å². The van der Waals surface area contributed by atoms with Crippen molar-refractivity contribution in [1.29, 1.82) is 0 Å². The second-order valence-electron chi connectivity index (χ2n) is 8.04. The van der Waals surface area contributed by atoms with Crippen LogP contribution in [0.15, 0.2) is 27.8 Å². The number of aromatic nitrogens is 2. The molecular formula is C21H28F3N5O2S. The molecule has 1 aliphatic rings. The van der Waals surface area contributed by atoms with Crippen molar-refractivity contribution in [3.8, 4) is 0 Å². The molecule has 0 radical (unpaired) electrons. The molecule has 1 amide bonds. The molecule has 0 bridgehead atoms. The van der Waals surface area contributed by atoms with Gasteiger partial charge in [-0.3, -0.25) is 4.79 Å². The Morgan fingerprint density at radius 1 is 1.31 bits per heavy atom. The first kappa shape index (κ1) is 24.4. The van der Waals surface area contributed by atoms with Crippen LogP contribution in [-0.2, 0) is 11.9 Å². The van der Waals surface area contributed by atoms with Crippen LogP contribution in [0.4, 0.5) is 19.0 Å². The zero-order valence-corrected chi connectivity index (χ0v) is 19.2. The van der Waals surface area contributed by atoms with E-state index in [1.54, 1.807) is 12.1 Å². The van der Waals surface area contributed by atoms with E-state index in [0.29, 0.717) is 31.2 Å². The normalized spacial score (nSPS) is 17.1. The van der Waals surface area contributed by atoms with Crippen LogP contribution in [0, 0.1) is 0 Å². The van der Waals surface area contributed by atoms with Crippen molar-refractivity contribution >= 4 is 23.5 Å². The minimum absolute atomic E-state index is 0.0287. The first-order valence-electron chi connectivity index (χ1n) is 10.5. The molecule has 0 unspecified atom stereocenters. The summed E-state index contributed by atoms with van der Waals surface area (Å²) in [6, 6.07) is 4.33. The van der Waals surface area contributed by atoms with Gasteiger partial charge in [0.2, 0.25) is 0 Å². The molecule has 1 N–H and O–H groups in total. The summed E-state index contributed by atoms with van der Waals surface area (Å²) in [4.78, 5) is 24.1. The molecule has 7 nitrogen and oxygen atoms in total. The monoisotopic (exact) mass is 471 g/mol. The number of likely N-dealkylation sites (N-methyl/N-ethyl adjacent to an activating group) is 1. The number of nitrogens with zero attached hydrogens (tertiary/aromatic N) is 4. The van der Waals surface area contributed by atoms with E-state index < -0.39 is 11.9 Å². The summed E-state index contributed by atoms with van der Waals surface area (Å²) < 4.78 is 45.9. The van der Waals surface area contributed by atoms with Gasteiger partial charge in [-0.1, -0.05) is 11.8 Å². The Labute approximate surface area is 189 Å². The molecule has 32 heavy (non-hydrogen) atoms. The zero-order chi connectivity index (χ0) is 23.3. The van der Waals surface area contributed by atoms with Gasteiger partial charge in [0, 0.05) is 31.7 Å². The van der Waals surface area contributed by atoms with Crippen LogP contribution < -0.4 is 10.2 Å². The van der Waals surface area contributed by atoms with Gasteiger partial charge in [-0.15, -0.1) is 0 Å². The van der Waals surface area contributed by atoms with E-state index >= 15 is 0 Å². The number of rotatable bonds is 8. The van der Waals surface area contributed by atoms with Gasteiger partial charge in [0.1, 0.15) is 11.6 Å². The predicted molar refractivity (Wildman–Crippen MR) is 117 cm³/mol. The number of furan rings is 1. The maximum Gasteiger partial charge on any atom is 0.433 e. The van der Waals surface area contributed by atoms with Gasteiger partial charge in [-0.25, -0.2) is 9.97 Å². The average molecular weight is 472 g/mol. The number of anilines is 1. The van der Waals surface area contributed by atoms with E-state index in [9.17, 15) is 18.0 Å². The second-order valence-corrected chi connectivity index (χ2v) is 8.99. The number of thioether (sulfide) groups is 1. The highest BCUT2D eigenvalue weighted by atomic mass is 32.2. The average Bonchev–Trinajstić information content (AvgIpc) is 3.21. The third-order valence-electron chi connectivity index (χ3n) is 5.15. The highest BCUT2D eigenvalue weighted by Gasteiger charge is 2.35. The number of piperidine rings is 1. The minimum atomic E-state index is -4.56. The molecule has 1 atom stereocenters. The summed E-state index contributed by atoms with van der Waals surface area (Å²) in [6.45, 7) is 3.84. The molecular weight excluding hydrogens is 443 g/mol. The lowest BCUT2D eigenvalue weighted by Crippen LogP contribution is -2.38. The summed E-state index contributed by atoms with van der Waals surface area (Å²) >= 11 is 1.05. The molecule has 0 saturated carbocycles. The van der Waals surface area contributed by atoms with Gasteiger partial charge >= 0.3 is 6.18 Å². The van der Waals surface area contributed by atoms with Gasteiger partial charge in [0.15, 0.2) is 16.6 Å². The van der Waals surface area contributed by atoms with Crippen LogP contribution in [0.2, 0.25) is 0 Å². The lowest BCUT2D eigenvalue weighted by molar-refractivity contribution is -0.141. The standard InChI is InChI=1S/C21H28F3N5O2S/c1-14-6-4-5-10-29(14)18-12-17(21(22,23)24)26-20(27-18)32-13-15-7-8-16(31-15)19(30)25-9-11-28(2)3/h7-8,12,14H,4-6,9-11,13H2,1-3H3,(H,25,30)/t14-/m0/s1. The molecule has 0 aromatic carbocycles. The summed E-state index contributed by atoms with van der Waals surface area (Å²) in [5, 5.41) is 2.78. The number of halogens is 3. The second kappa shape index (κ2) is 10.6. The number of hydrogen-bond donors (Lipinski definition) is 1. The number of nitrogens with one attached hydrogen (secondary N) is 1. The molecule has 1 fully saturated rings. The molecule has 11 heteroatoms. The smallest absolute Gasteiger partial charge is 0.433 e. The van der Waals surface area contributed by atoms with Crippen LogP contribution in [0.1, 0.15) is 48.2 Å². The Morgan fingerprint density at radius 3 is 2.78 bits per heavy atom. The molecule has 3 rings (SSSR count). The fourth-order valence-electron chi connectivity index (χ4n) is 3.40. The van der Waals surface area contributed by atoms with E-state index in [4.69, 9.17) is 4.42 Å². The van der Waals surface area contributed by atoms with Crippen LogP contribution in [0.3, 0.4) is 0 Å². The van der Waals surface area contributed by atoms with Crippen molar-refractivity contribution in [2.75, 3.05) is 38.6 Å². The van der Waals surface area contributed by atoms with Gasteiger partial charge in [-0.05, 0) is 52.4 Å². The molecule has 1 saturated heterocycles. The molecule has 2 aromatic heterocycles. The maximum absolute atomic E-state index is 13.4. The van der Waals surface area contributed by atoms with Crippen molar-refractivity contribution < 1.29 is 22.4 Å².